The Morgan fingerprint density at radius 3 is 2.38 bits per heavy atom. The number of hydrogen-bond donors (Lipinski definition) is 1. The van der Waals surface area contributed by atoms with Crippen molar-refractivity contribution in [3.63, 3.8) is 0 Å². The van der Waals surface area contributed by atoms with Gasteiger partial charge in [0.1, 0.15) is 10.8 Å². The predicted octanol–water partition coefficient (Wildman–Crippen LogP) is 4.94. The van der Waals surface area contributed by atoms with E-state index in [1.165, 1.54) is 6.08 Å². The molecule has 4 nitrogen and oxygen atoms in total. The number of aliphatic carboxylic acids is 1. The molecule has 120 valence electrons. The van der Waals surface area contributed by atoms with Crippen LogP contribution in [-0.2, 0) is 4.79 Å². The van der Waals surface area contributed by atoms with Crippen molar-refractivity contribution in [3.8, 4) is 16.9 Å². The molecule has 1 aromatic heterocycles. The van der Waals surface area contributed by atoms with Crippen LogP contribution in [0.2, 0.25) is 10.2 Å². The van der Waals surface area contributed by atoms with Gasteiger partial charge in [0, 0.05) is 17.2 Å². The Balaban J connectivity index is 2.24. The third-order valence-electron chi connectivity index (χ3n) is 3.39. The lowest BCUT2D eigenvalue weighted by molar-refractivity contribution is -0.131. The van der Waals surface area contributed by atoms with Crippen molar-refractivity contribution < 1.29 is 9.90 Å². The summed E-state index contributed by atoms with van der Waals surface area (Å²) in [5.41, 5.74) is 2.47. The summed E-state index contributed by atoms with van der Waals surface area (Å²) in [4.78, 5) is 10.9. The topological polar surface area (TPSA) is 55.1 Å². The van der Waals surface area contributed by atoms with Crippen molar-refractivity contribution in [1.82, 2.24) is 9.78 Å². The molecule has 0 fully saturated rings. The number of aromatic nitrogens is 2. The van der Waals surface area contributed by atoms with Crippen LogP contribution < -0.4 is 0 Å². The average molecular weight is 359 g/mol. The summed E-state index contributed by atoms with van der Waals surface area (Å²) in [6.07, 6.45) is 2.45. The number of carboxylic acid groups (broad SMARTS) is 1. The van der Waals surface area contributed by atoms with Gasteiger partial charge in [0.05, 0.1) is 10.7 Å². The van der Waals surface area contributed by atoms with Crippen molar-refractivity contribution in [2.24, 2.45) is 0 Å². The fourth-order valence-corrected chi connectivity index (χ4v) is 2.82. The number of hydrogen-bond acceptors (Lipinski definition) is 2. The molecular formula is C18H12Cl2N2O2. The maximum absolute atomic E-state index is 10.9. The van der Waals surface area contributed by atoms with E-state index in [0.29, 0.717) is 27.0 Å². The molecule has 0 aliphatic rings. The summed E-state index contributed by atoms with van der Waals surface area (Å²) in [6.45, 7) is 0. The van der Waals surface area contributed by atoms with E-state index in [0.717, 1.165) is 11.8 Å². The molecule has 0 amide bonds. The second-order valence-corrected chi connectivity index (χ2v) is 5.72. The quantitative estimate of drug-likeness (QED) is 0.671. The van der Waals surface area contributed by atoms with Crippen molar-refractivity contribution in [1.29, 1.82) is 0 Å². The Bertz CT molecular complexity index is 918. The Kier molecular flexibility index (Phi) is 4.69. The summed E-state index contributed by atoms with van der Waals surface area (Å²) in [7, 11) is 0. The van der Waals surface area contributed by atoms with Gasteiger partial charge in [0.2, 0.25) is 0 Å². The van der Waals surface area contributed by atoms with E-state index in [9.17, 15) is 4.79 Å². The highest BCUT2D eigenvalue weighted by Gasteiger charge is 2.18. The smallest absolute Gasteiger partial charge is 0.328 e. The summed E-state index contributed by atoms with van der Waals surface area (Å²) in [5.74, 6) is -1.07. The highest BCUT2D eigenvalue weighted by atomic mass is 35.5. The van der Waals surface area contributed by atoms with Gasteiger partial charge in [-0.1, -0.05) is 59.6 Å². The van der Waals surface area contributed by atoms with Crippen LogP contribution >= 0.6 is 23.2 Å². The van der Waals surface area contributed by atoms with Gasteiger partial charge in [-0.2, -0.15) is 5.10 Å². The number of nitrogens with zero attached hydrogens (tertiary/aromatic N) is 2. The minimum absolute atomic E-state index is 0.314. The molecule has 0 aliphatic carbocycles. The number of carboxylic acids is 1. The molecule has 24 heavy (non-hydrogen) atoms. The van der Waals surface area contributed by atoms with Gasteiger partial charge in [-0.05, 0) is 24.3 Å². The Labute approximate surface area is 148 Å². The molecule has 3 aromatic rings. The number of halogens is 2. The first kappa shape index (κ1) is 16.3. The van der Waals surface area contributed by atoms with Gasteiger partial charge in [-0.15, -0.1) is 0 Å². The zero-order valence-electron chi connectivity index (χ0n) is 12.4. The number of benzene rings is 2. The molecule has 0 spiro atoms. The highest BCUT2D eigenvalue weighted by Crippen LogP contribution is 2.35. The molecule has 0 saturated carbocycles. The fraction of sp³-hybridized carbons (Fsp3) is 0. The first-order valence-corrected chi connectivity index (χ1v) is 7.83. The predicted molar refractivity (Wildman–Crippen MR) is 95.7 cm³/mol. The van der Waals surface area contributed by atoms with Gasteiger partial charge in [0.15, 0.2) is 0 Å². The van der Waals surface area contributed by atoms with E-state index >= 15 is 0 Å². The van der Waals surface area contributed by atoms with Crippen molar-refractivity contribution in [3.05, 3.63) is 76.4 Å². The molecule has 3 rings (SSSR count). The Hall–Kier alpha value is -2.56. The fourth-order valence-electron chi connectivity index (χ4n) is 2.30. The van der Waals surface area contributed by atoms with E-state index in [1.54, 1.807) is 10.7 Å². The molecular weight excluding hydrogens is 347 g/mol. The van der Waals surface area contributed by atoms with Gasteiger partial charge in [-0.3, -0.25) is 0 Å². The third kappa shape index (κ3) is 3.20. The van der Waals surface area contributed by atoms with E-state index in [4.69, 9.17) is 28.3 Å². The van der Waals surface area contributed by atoms with Crippen LogP contribution in [0.1, 0.15) is 5.56 Å². The number of rotatable bonds is 4. The highest BCUT2D eigenvalue weighted by molar-refractivity contribution is 6.34. The minimum Gasteiger partial charge on any atom is -0.478 e. The molecule has 2 aromatic carbocycles. The Morgan fingerprint density at radius 2 is 1.71 bits per heavy atom. The van der Waals surface area contributed by atoms with Crippen LogP contribution in [0.15, 0.2) is 60.7 Å². The van der Waals surface area contributed by atoms with Crippen molar-refractivity contribution in [2.75, 3.05) is 0 Å². The molecule has 0 aliphatic heterocycles. The Morgan fingerprint density at radius 1 is 1.04 bits per heavy atom. The first-order chi connectivity index (χ1) is 11.6. The summed E-state index contributed by atoms with van der Waals surface area (Å²) >= 11 is 12.7. The zero-order chi connectivity index (χ0) is 17.1. The second kappa shape index (κ2) is 6.91. The van der Waals surface area contributed by atoms with E-state index in [-0.39, 0.29) is 0 Å². The summed E-state index contributed by atoms with van der Waals surface area (Å²) in [6, 6.07) is 16.6. The molecule has 0 unspecified atom stereocenters. The van der Waals surface area contributed by atoms with E-state index in [1.807, 2.05) is 48.5 Å². The van der Waals surface area contributed by atoms with Crippen LogP contribution in [0.25, 0.3) is 23.0 Å². The zero-order valence-corrected chi connectivity index (χ0v) is 13.9. The average Bonchev–Trinajstić information content (AvgIpc) is 2.91. The molecule has 0 saturated heterocycles. The van der Waals surface area contributed by atoms with E-state index < -0.39 is 5.97 Å². The second-order valence-electron chi connectivity index (χ2n) is 4.95. The number of carbonyl (C=O) groups is 1. The minimum atomic E-state index is -1.07. The van der Waals surface area contributed by atoms with Gasteiger partial charge < -0.3 is 5.11 Å². The molecule has 0 bridgehead atoms. The molecule has 1 heterocycles. The van der Waals surface area contributed by atoms with Crippen molar-refractivity contribution in [2.45, 2.75) is 0 Å². The molecule has 0 atom stereocenters. The van der Waals surface area contributed by atoms with E-state index in [2.05, 4.69) is 5.10 Å². The maximum Gasteiger partial charge on any atom is 0.328 e. The first-order valence-electron chi connectivity index (χ1n) is 7.08. The van der Waals surface area contributed by atoms with Crippen LogP contribution in [0.4, 0.5) is 0 Å². The lowest BCUT2D eigenvalue weighted by atomic mass is 10.1. The van der Waals surface area contributed by atoms with Crippen LogP contribution in [0.5, 0.6) is 0 Å². The molecule has 1 N–H and O–H groups in total. The largest absolute Gasteiger partial charge is 0.478 e. The lowest BCUT2D eigenvalue weighted by Gasteiger charge is -2.02. The third-order valence-corrected chi connectivity index (χ3v) is 4.08. The summed E-state index contributed by atoms with van der Waals surface area (Å²) < 4.78 is 1.56. The molecule has 6 heteroatoms. The van der Waals surface area contributed by atoms with Gasteiger partial charge >= 0.3 is 5.97 Å². The van der Waals surface area contributed by atoms with Crippen LogP contribution in [0.3, 0.4) is 0 Å². The lowest BCUT2D eigenvalue weighted by Crippen LogP contribution is -1.96. The van der Waals surface area contributed by atoms with Gasteiger partial charge in [0.25, 0.3) is 0 Å². The van der Waals surface area contributed by atoms with Crippen molar-refractivity contribution >= 4 is 35.2 Å². The normalized spacial score (nSPS) is 11.1. The van der Waals surface area contributed by atoms with Crippen LogP contribution in [-0.4, -0.2) is 20.9 Å². The van der Waals surface area contributed by atoms with Gasteiger partial charge in [-0.25, -0.2) is 9.48 Å². The van der Waals surface area contributed by atoms with Crippen LogP contribution in [0, 0.1) is 0 Å². The SMILES string of the molecule is O=C(O)C=Cc1c(-c2ccccc2Cl)nn(-c2ccccc2)c1Cl. The number of para-hydroxylation sites is 1. The summed E-state index contributed by atoms with van der Waals surface area (Å²) in [5, 5.41) is 14.3. The monoisotopic (exact) mass is 358 g/mol. The molecule has 0 radical (unpaired) electrons. The maximum atomic E-state index is 10.9. The standard InChI is InChI=1S/C18H12Cl2N2O2/c19-15-9-5-4-8-13(15)17-14(10-11-16(23)24)18(20)22(21-17)12-6-2-1-3-7-12/h1-11H,(H,23,24).